The van der Waals surface area contributed by atoms with Crippen LogP contribution in [0.4, 0.5) is 0 Å². The Morgan fingerprint density at radius 1 is 1.27 bits per heavy atom. The molecule has 5 nitrogen and oxygen atoms in total. The lowest BCUT2D eigenvalue weighted by molar-refractivity contribution is 0.792. The van der Waals surface area contributed by atoms with Gasteiger partial charge in [-0.15, -0.1) is 5.10 Å². The molecular weight excluding hydrogens is 190 g/mol. The second kappa shape index (κ2) is 3.78. The van der Waals surface area contributed by atoms with Crippen LogP contribution in [0.3, 0.4) is 0 Å². The first-order valence-corrected chi connectivity index (χ1v) is 4.77. The molecule has 0 saturated heterocycles. The van der Waals surface area contributed by atoms with Crippen molar-refractivity contribution in [1.82, 2.24) is 19.7 Å². The highest BCUT2D eigenvalue weighted by molar-refractivity contribution is 5.24. The van der Waals surface area contributed by atoms with Crippen LogP contribution in [-0.2, 0) is 6.54 Å². The fourth-order valence-electron chi connectivity index (χ4n) is 1.44. The largest absolute Gasteiger partial charge is 0.325 e. The van der Waals surface area contributed by atoms with Crippen LogP contribution < -0.4 is 5.73 Å². The Morgan fingerprint density at radius 2 is 2.07 bits per heavy atom. The summed E-state index contributed by atoms with van der Waals surface area (Å²) in [6, 6.07) is 5.70. The van der Waals surface area contributed by atoms with Gasteiger partial charge in [-0.25, -0.2) is 9.97 Å². The normalized spacial score (nSPS) is 10.6. The minimum Gasteiger partial charge on any atom is -0.325 e. The third-order valence-corrected chi connectivity index (χ3v) is 2.09. The predicted molar refractivity (Wildman–Crippen MR) is 56.5 cm³/mol. The Hall–Kier alpha value is -1.75. The Kier molecular flexibility index (Phi) is 2.47. The molecule has 5 heteroatoms. The van der Waals surface area contributed by atoms with Gasteiger partial charge in [-0.05, 0) is 26.0 Å². The van der Waals surface area contributed by atoms with E-state index >= 15 is 0 Å². The summed E-state index contributed by atoms with van der Waals surface area (Å²) < 4.78 is 1.72. The van der Waals surface area contributed by atoms with Crippen molar-refractivity contribution in [2.24, 2.45) is 5.73 Å². The topological polar surface area (TPSA) is 69.6 Å². The summed E-state index contributed by atoms with van der Waals surface area (Å²) in [5.41, 5.74) is 6.38. The smallest absolute Gasteiger partial charge is 0.155 e. The Morgan fingerprint density at radius 3 is 2.67 bits per heavy atom. The van der Waals surface area contributed by atoms with Crippen molar-refractivity contribution in [1.29, 1.82) is 0 Å². The summed E-state index contributed by atoms with van der Waals surface area (Å²) >= 11 is 0. The van der Waals surface area contributed by atoms with Crippen molar-refractivity contribution in [2.45, 2.75) is 20.4 Å². The molecule has 0 atom stereocenters. The van der Waals surface area contributed by atoms with Crippen molar-refractivity contribution in [3.63, 3.8) is 0 Å². The van der Waals surface area contributed by atoms with Crippen LogP contribution in [-0.4, -0.2) is 19.7 Å². The van der Waals surface area contributed by atoms with Gasteiger partial charge in [-0.3, -0.25) is 0 Å². The highest BCUT2D eigenvalue weighted by atomic mass is 15.4. The molecule has 2 aromatic heterocycles. The van der Waals surface area contributed by atoms with Gasteiger partial charge >= 0.3 is 0 Å². The van der Waals surface area contributed by atoms with Crippen LogP contribution in [0.15, 0.2) is 18.2 Å². The Labute approximate surface area is 88.0 Å². The highest BCUT2D eigenvalue weighted by Crippen LogP contribution is 2.07. The molecule has 0 fully saturated rings. The van der Waals surface area contributed by atoms with Crippen LogP contribution in [0.25, 0.3) is 5.82 Å². The maximum Gasteiger partial charge on any atom is 0.155 e. The van der Waals surface area contributed by atoms with E-state index in [2.05, 4.69) is 15.1 Å². The molecule has 78 valence electrons. The Bertz CT molecular complexity index is 474. The van der Waals surface area contributed by atoms with Crippen LogP contribution in [0.5, 0.6) is 0 Å². The maximum atomic E-state index is 5.53. The fourth-order valence-corrected chi connectivity index (χ4v) is 1.44. The monoisotopic (exact) mass is 203 g/mol. The van der Waals surface area contributed by atoms with E-state index in [4.69, 9.17) is 5.73 Å². The van der Waals surface area contributed by atoms with Gasteiger partial charge in [0.2, 0.25) is 0 Å². The molecule has 2 aromatic rings. The molecule has 0 unspecified atom stereocenters. The molecule has 0 aliphatic carbocycles. The lowest BCUT2D eigenvalue weighted by atomic mass is 10.3. The van der Waals surface area contributed by atoms with Gasteiger partial charge < -0.3 is 5.73 Å². The molecular formula is C10H13N5. The van der Waals surface area contributed by atoms with Gasteiger partial charge in [0, 0.05) is 6.54 Å². The third-order valence-electron chi connectivity index (χ3n) is 2.09. The number of aryl methyl sites for hydroxylation is 2. The molecule has 0 bridgehead atoms. The number of nitrogens with zero attached hydrogens (tertiary/aromatic N) is 4. The lowest BCUT2D eigenvalue weighted by Gasteiger charge is -2.03. The fraction of sp³-hybridized carbons (Fsp3) is 0.300. The molecule has 0 aliphatic rings. The van der Waals surface area contributed by atoms with E-state index < -0.39 is 0 Å². The average Bonchev–Trinajstić information content (AvgIpc) is 2.58. The number of nitrogens with two attached hydrogens (primary N) is 1. The van der Waals surface area contributed by atoms with E-state index in [0.29, 0.717) is 6.54 Å². The van der Waals surface area contributed by atoms with Gasteiger partial charge in [0.05, 0.1) is 5.69 Å². The number of aromatic nitrogens is 4. The van der Waals surface area contributed by atoms with Crippen molar-refractivity contribution in [2.75, 3.05) is 0 Å². The van der Waals surface area contributed by atoms with E-state index in [1.807, 2.05) is 32.0 Å². The highest BCUT2D eigenvalue weighted by Gasteiger charge is 2.06. The summed E-state index contributed by atoms with van der Waals surface area (Å²) in [6.07, 6.45) is 0. The summed E-state index contributed by atoms with van der Waals surface area (Å²) in [4.78, 5) is 8.59. The molecule has 2 rings (SSSR count). The zero-order valence-electron chi connectivity index (χ0n) is 8.81. The number of rotatable bonds is 2. The first-order valence-electron chi connectivity index (χ1n) is 4.77. The van der Waals surface area contributed by atoms with E-state index in [0.717, 1.165) is 23.2 Å². The summed E-state index contributed by atoms with van der Waals surface area (Å²) in [5.74, 6) is 2.33. The first kappa shape index (κ1) is 9.79. The molecule has 0 amide bonds. The van der Waals surface area contributed by atoms with E-state index in [1.54, 1.807) is 4.68 Å². The SMILES string of the molecule is Cc1nc(C)n(-c2cccc(CN)n2)n1. The molecule has 0 radical (unpaired) electrons. The van der Waals surface area contributed by atoms with Gasteiger partial charge in [-0.2, -0.15) is 4.68 Å². The third kappa shape index (κ3) is 1.87. The first-order chi connectivity index (χ1) is 7.20. The zero-order valence-corrected chi connectivity index (χ0v) is 8.81. The van der Waals surface area contributed by atoms with Crippen molar-refractivity contribution in [3.8, 4) is 5.82 Å². The minimum absolute atomic E-state index is 0.431. The van der Waals surface area contributed by atoms with Gasteiger partial charge in [0.1, 0.15) is 11.6 Å². The quantitative estimate of drug-likeness (QED) is 0.781. The molecule has 2 heterocycles. The molecule has 0 spiro atoms. The van der Waals surface area contributed by atoms with E-state index in [1.165, 1.54) is 0 Å². The second-order valence-electron chi connectivity index (χ2n) is 3.31. The number of hydrogen-bond donors (Lipinski definition) is 1. The van der Waals surface area contributed by atoms with Crippen LogP contribution >= 0.6 is 0 Å². The van der Waals surface area contributed by atoms with Gasteiger partial charge in [0.25, 0.3) is 0 Å². The number of pyridine rings is 1. The summed E-state index contributed by atoms with van der Waals surface area (Å²) in [5, 5.41) is 4.26. The van der Waals surface area contributed by atoms with Gasteiger partial charge in [0.15, 0.2) is 5.82 Å². The van der Waals surface area contributed by atoms with Crippen molar-refractivity contribution < 1.29 is 0 Å². The van der Waals surface area contributed by atoms with Crippen LogP contribution in [0.1, 0.15) is 17.3 Å². The summed E-state index contributed by atoms with van der Waals surface area (Å²) in [7, 11) is 0. The molecule has 2 N–H and O–H groups in total. The zero-order chi connectivity index (χ0) is 10.8. The minimum atomic E-state index is 0.431. The second-order valence-corrected chi connectivity index (χ2v) is 3.31. The summed E-state index contributed by atoms with van der Waals surface area (Å²) in [6.45, 7) is 4.19. The van der Waals surface area contributed by atoms with Crippen molar-refractivity contribution in [3.05, 3.63) is 35.5 Å². The predicted octanol–water partition coefficient (Wildman–Crippen LogP) is 0.738. The number of hydrogen-bond acceptors (Lipinski definition) is 4. The molecule has 0 aliphatic heterocycles. The van der Waals surface area contributed by atoms with Gasteiger partial charge in [-0.1, -0.05) is 6.07 Å². The molecule has 0 aromatic carbocycles. The van der Waals surface area contributed by atoms with Crippen molar-refractivity contribution >= 4 is 0 Å². The van der Waals surface area contributed by atoms with E-state index in [-0.39, 0.29) is 0 Å². The average molecular weight is 203 g/mol. The maximum absolute atomic E-state index is 5.53. The molecule has 0 saturated carbocycles. The van der Waals surface area contributed by atoms with E-state index in [9.17, 15) is 0 Å². The molecule has 15 heavy (non-hydrogen) atoms. The standard InChI is InChI=1S/C10H13N5/c1-7-12-8(2)15(14-7)10-5-3-4-9(6-11)13-10/h3-5H,6,11H2,1-2H3. The van der Waals surface area contributed by atoms with Crippen LogP contribution in [0.2, 0.25) is 0 Å². The Balaban J connectivity index is 2.49. The van der Waals surface area contributed by atoms with Crippen LogP contribution in [0, 0.1) is 13.8 Å². The lowest BCUT2D eigenvalue weighted by Crippen LogP contribution is -2.06.